The van der Waals surface area contributed by atoms with E-state index in [0.717, 1.165) is 22.3 Å². The van der Waals surface area contributed by atoms with E-state index in [9.17, 15) is 9.59 Å². The number of anilines is 1. The van der Waals surface area contributed by atoms with Gasteiger partial charge in [-0.2, -0.15) is 0 Å². The van der Waals surface area contributed by atoms with Gasteiger partial charge in [-0.1, -0.05) is 82.6 Å². The van der Waals surface area contributed by atoms with Crippen LogP contribution in [-0.4, -0.2) is 24.7 Å². The smallest absolute Gasteiger partial charge is 0.271 e. The minimum atomic E-state index is -0.747. The first-order chi connectivity index (χ1) is 23.6. The van der Waals surface area contributed by atoms with Gasteiger partial charge >= 0.3 is 0 Å². The second-order valence-electron chi connectivity index (χ2n) is 11.5. The highest BCUT2D eigenvalue weighted by atomic mass is 35.5. The molecule has 0 bridgehead atoms. The predicted octanol–water partition coefficient (Wildman–Crippen LogP) is 7.39. The number of aryl methyl sites for hydroxylation is 2. The van der Waals surface area contributed by atoms with Crippen LogP contribution < -0.4 is 34.4 Å². The highest BCUT2D eigenvalue weighted by Crippen LogP contribution is 2.34. The number of amides is 1. The predicted molar refractivity (Wildman–Crippen MR) is 195 cm³/mol. The number of halogens is 2. The summed E-state index contributed by atoms with van der Waals surface area (Å²) in [4.78, 5) is 33.7. The Balaban J connectivity index is 1.45. The molecule has 1 aliphatic heterocycles. The van der Waals surface area contributed by atoms with Crippen molar-refractivity contribution in [1.82, 2.24) is 4.57 Å². The minimum Gasteiger partial charge on any atom is -0.497 e. The Bertz CT molecular complexity index is 2290. The molecule has 8 nitrogen and oxygen atoms in total. The molecule has 1 aromatic heterocycles. The molecule has 6 rings (SSSR count). The van der Waals surface area contributed by atoms with E-state index in [1.165, 1.54) is 11.3 Å². The molecule has 4 aromatic carbocycles. The van der Waals surface area contributed by atoms with Crippen molar-refractivity contribution < 1.29 is 19.0 Å². The number of carbonyl (C=O) groups excluding carboxylic acids is 1. The zero-order chi connectivity index (χ0) is 34.8. The normalized spacial score (nSPS) is 14.3. The molecule has 0 spiro atoms. The maximum Gasteiger partial charge on any atom is 0.271 e. The summed E-state index contributed by atoms with van der Waals surface area (Å²) >= 11 is 13.7. The Kier molecular flexibility index (Phi) is 9.96. The molecular formula is C38H33Cl2N3O5S. The van der Waals surface area contributed by atoms with E-state index in [2.05, 4.69) is 5.32 Å². The standard InChI is InChI=1S/C38H33Cl2N3O5S/c1-21-9-16-30(22(2)17-21)42-36(44)33-23(3)41-38-43(34(33)24-11-14-28(46-4)15-12-24)37(45)32(49-38)18-25-7-6-8-31(47-5)35(25)48-20-26-10-13-27(39)19-29(26)40/h6-19,34H,20H2,1-5H3,(H,42,44)/b32-18-/t34-/m1/s1. The quantitative estimate of drug-likeness (QED) is 0.172. The molecule has 0 radical (unpaired) electrons. The van der Waals surface area contributed by atoms with Crippen LogP contribution in [0.4, 0.5) is 5.69 Å². The van der Waals surface area contributed by atoms with Gasteiger partial charge in [-0.25, -0.2) is 4.99 Å². The molecule has 5 aromatic rings. The minimum absolute atomic E-state index is 0.147. The summed E-state index contributed by atoms with van der Waals surface area (Å²) in [6, 6.07) is 23.1. The lowest BCUT2D eigenvalue weighted by Gasteiger charge is -2.25. The number of fused-ring (bicyclic) bond motifs is 1. The summed E-state index contributed by atoms with van der Waals surface area (Å²) in [6.45, 7) is 5.88. The summed E-state index contributed by atoms with van der Waals surface area (Å²) < 4.78 is 19.2. The number of allylic oxidation sites excluding steroid dienone is 1. The molecule has 0 aliphatic carbocycles. The van der Waals surface area contributed by atoms with Gasteiger partial charge in [0.05, 0.1) is 36.1 Å². The molecule has 1 atom stereocenters. The van der Waals surface area contributed by atoms with Crippen LogP contribution in [0.25, 0.3) is 6.08 Å². The number of hydrogen-bond donors (Lipinski definition) is 1. The number of hydrogen-bond acceptors (Lipinski definition) is 7. The Labute approximate surface area is 297 Å². The number of carbonyl (C=O) groups is 1. The summed E-state index contributed by atoms with van der Waals surface area (Å²) in [5.74, 6) is 1.25. The Hall–Kier alpha value is -4.83. The van der Waals surface area contributed by atoms with Gasteiger partial charge in [0.1, 0.15) is 12.4 Å². The fourth-order valence-electron chi connectivity index (χ4n) is 5.75. The van der Waals surface area contributed by atoms with Crippen LogP contribution >= 0.6 is 34.5 Å². The van der Waals surface area contributed by atoms with E-state index in [0.29, 0.717) is 59.1 Å². The molecule has 0 saturated heterocycles. The molecule has 11 heteroatoms. The lowest BCUT2D eigenvalue weighted by molar-refractivity contribution is -0.113. The van der Waals surface area contributed by atoms with Crippen LogP contribution in [0.15, 0.2) is 99.9 Å². The van der Waals surface area contributed by atoms with E-state index in [-0.39, 0.29) is 18.1 Å². The second kappa shape index (κ2) is 14.3. The molecule has 49 heavy (non-hydrogen) atoms. The second-order valence-corrected chi connectivity index (χ2v) is 13.4. The van der Waals surface area contributed by atoms with E-state index < -0.39 is 6.04 Å². The van der Waals surface area contributed by atoms with Gasteiger partial charge in [0.2, 0.25) is 0 Å². The summed E-state index contributed by atoms with van der Waals surface area (Å²) in [7, 11) is 3.14. The van der Waals surface area contributed by atoms with Gasteiger partial charge in [-0.15, -0.1) is 0 Å². The molecule has 1 aliphatic rings. The van der Waals surface area contributed by atoms with Crippen LogP contribution in [0.1, 0.15) is 40.8 Å². The van der Waals surface area contributed by atoms with Gasteiger partial charge in [-0.05, 0) is 74.4 Å². The van der Waals surface area contributed by atoms with Crippen LogP contribution in [0, 0.1) is 13.8 Å². The topological polar surface area (TPSA) is 91.2 Å². The average Bonchev–Trinajstić information content (AvgIpc) is 3.38. The zero-order valence-corrected chi connectivity index (χ0v) is 29.8. The third-order valence-corrected chi connectivity index (χ3v) is 9.80. The fraction of sp³-hybridized carbons (Fsp3) is 0.184. The summed E-state index contributed by atoms with van der Waals surface area (Å²) in [5.41, 5.74) is 5.39. The molecule has 250 valence electrons. The van der Waals surface area contributed by atoms with E-state index in [4.69, 9.17) is 42.4 Å². The lowest BCUT2D eigenvalue weighted by atomic mass is 9.95. The number of thiazole rings is 1. The summed E-state index contributed by atoms with van der Waals surface area (Å²) in [6.07, 6.45) is 1.75. The lowest BCUT2D eigenvalue weighted by Crippen LogP contribution is -2.40. The zero-order valence-electron chi connectivity index (χ0n) is 27.5. The first-order valence-electron chi connectivity index (χ1n) is 15.4. The molecule has 0 fully saturated rings. The maximum atomic E-state index is 14.4. The van der Waals surface area contributed by atoms with E-state index in [1.807, 2.05) is 68.4 Å². The maximum absolute atomic E-state index is 14.4. The van der Waals surface area contributed by atoms with Gasteiger partial charge in [-0.3, -0.25) is 14.2 Å². The fourth-order valence-corrected chi connectivity index (χ4v) is 7.25. The number of para-hydroxylation sites is 1. The van der Waals surface area contributed by atoms with Crippen molar-refractivity contribution in [2.75, 3.05) is 19.5 Å². The van der Waals surface area contributed by atoms with E-state index >= 15 is 0 Å². The molecule has 2 heterocycles. The third-order valence-electron chi connectivity index (χ3n) is 8.23. The highest BCUT2D eigenvalue weighted by molar-refractivity contribution is 7.07. The number of benzene rings is 4. The van der Waals surface area contributed by atoms with Crippen molar-refractivity contribution in [2.45, 2.75) is 33.4 Å². The van der Waals surface area contributed by atoms with Crippen molar-refractivity contribution in [3.05, 3.63) is 148 Å². The van der Waals surface area contributed by atoms with E-state index in [1.54, 1.807) is 56.1 Å². The monoisotopic (exact) mass is 713 g/mol. The van der Waals surface area contributed by atoms with Gasteiger partial charge in [0.15, 0.2) is 16.3 Å². The van der Waals surface area contributed by atoms with Crippen LogP contribution in [-0.2, 0) is 11.4 Å². The number of nitrogens with zero attached hydrogens (tertiary/aromatic N) is 2. The molecule has 0 unspecified atom stereocenters. The Morgan fingerprint density at radius 2 is 1.76 bits per heavy atom. The van der Waals surface area contributed by atoms with Gasteiger partial charge < -0.3 is 19.5 Å². The van der Waals surface area contributed by atoms with Gasteiger partial charge in [0.25, 0.3) is 11.5 Å². The Morgan fingerprint density at radius 1 is 0.980 bits per heavy atom. The van der Waals surface area contributed by atoms with Crippen molar-refractivity contribution in [2.24, 2.45) is 4.99 Å². The van der Waals surface area contributed by atoms with Crippen LogP contribution in [0.5, 0.6) is 17.2 Å². The average molecular weight is 715 g/mol. The molecular weight excluding hydrogens is 681 g/mol. The number of nitrogens with one attached hydrogen (secondary N) is 1. The number of aromatic nitrogens is 1. The van der Waals surface area contributed by atoms with Crippen LogP contribution in [0.2, 0.25) is 10.0 Å². The van der Waals surface area contributed by atoms with Crippen molar-refractivity contribution >= 4 is 52.2 Å². The summed E-state index contributed by atoms with van der Waals surface area (Å²) in [5, 5.41) is 4.06. The number of rotatable bonds is 9. The largest absolute Gasteiger partial charge is 0.497 e. The molecule has 1 N–H and O–H groups in total. The highest BCUT2D eigenvalue weighted by Gasteiger charge is 2.33. The van der Waals surface area contributed by atoms with Crippen molar-refractivity contribution in [3.63, 3.8) is 0 Å². The molecule has 0 saturated carbocycles. The van der Waals surface area contributed by atoms with Crippen molar-refractivity contribution in [3.8, 4) is 17.2 Å². The van der Waals surface area contributed by atoms with Crippen LogP contribution in [0.3, 0.4) is 0 Å². The van der Waals surface area contributed by atoms with Gasteiger partial charge in [0, 0.05) is 26.9 Å². The SMILES string of the molecule is COc1ccc([C@@H]2C(C(=O)Nc3ccc(C)cc3C)=C(C)N=c3s/c(=C\c4cccc(OC)c4OCc4ccc(Cl)cc4Cl)c(=O)n32)cc1. The number of methoxy groups -OCH3 is 2. The molecule has 1 amide bonds. The first kappa shape index (κ1) is 34.0. The number of ether oxygens (including phenoxy) is 3. The third kappa shape index (κ3) is 7.01. The van der Waals surface area contributed by atoms with Crippen molar-refractivity contribution in [1.29, 1.82) is 0 Å². The first-order valence-corrected chi connectivity index (χ1v) is 16.9. The Morgan fingerprint density at radius 3 is 2.45 bits per heavy atom.